The molecular formula is C12H7Cl2FN2OS. The molecule has 0 unspecified atom stereocenters. The number of hydrogen-bond acceptors (Lipinski definition) is 3. The van der Waals surface area contributed by atoms with Gasteiger partial charge in [0.1, 0.15) is 17.3 Å². The van der Waals surface area contributed by atoms with Crippen LogP contribution in [0.4, 0.5) is 4.39 Å². The number of imidazole rings is 1. The van der Waals surface area contributed by atoms with Gasteiger partial charge in [-0.2, -0.15) is 4.98 Å². The van der Waals surface area contributed by atoms with Crippen LogP contribution in [0.15, 0.2) is 29.8 Å². The Kier molecular flexibility index (Phi) is 3.35. The van der Waals surface area contributed by atoms with Crippen molar-refractivity contribution >= 4 is 39.5 Å². The molecule has 3 nitrogen and oxygen atoms in total. The highest BCUT2D eigenvalue weighted by Gasteiger charge is 2.15. The first-order chi connectivity index (χ1) is 9.19. The molecule has 0 fully saturated rings. The standard InChI is InChI=1S/C12H7Cl2FN2OS/c13-6-9-11(16-12-17(9)3-4-19-12)18-10-2-1-7(15)5-8(10)14/h1-5H,6H2. The molecule has 0 saturated carbocycles. The quantitative estimate of drug-likeness (QED) is 0.654. The number of halogens is 3. The number of hydrogen-bond donors (Lipinski definition) is 0. The van der Waals surface area contributed by atoms with Gasteiger partial charge in [-0.3, -0.25) is 4.40 Å². The summed E-state index contributed by atoms with van der Waals surface area (Å²) in [6, 6.07) is 3.93. The molecule has 7 heteroatoms. The zero-order chi connectivity index (χ0) is 13.4. The van der Waals surface area contributed by atoms with E-state index in [2.05, 4.69) is 4.98 Å². The molecular weight excluding hydrogens is 310 g/mol. The molecule has 0 bridgehead atoms. The summed E-state index contributed by atoms with van der Waals surface area (Å²) < 4.78 is 20.4. The fourth-order valence-electron chi connectivity index (χ4n) is 1.68. The van der Waals surface area contributed by atoms with E-state index in [4.69, 9.17) is 27.9 Å². The third kappa shape index (κ3) is 2.29. The highest BCUT2D eigenvalue weighted by atomic mass is 35.5. The van der Waals surface area contributed by atoms with Crippen molar-refractivity contribution in [2.75, 3.05) is 0 Å². The van der Waals surface area contributed by atoms with E-state index in [0.29, 0.717) is 11.6 Å². The van der Waals surface area contributed by atoms with Crippen LogP contribution in [0.2, 0.25) is 5.02 Å². The summed E-state index contributed by atoms with van der Waals surface area (Å²) in [6.07, 6.45) is 1.86. The smallest absolute Gasteiger partial charge is 0.243 e. The largest absolute Gasteiger partial charge is 0.436 e. The lowest BCUT2D eigenvalue weighted by molar-refractivity contribution is 0.460. The second-order valence-electron chi connectivity index (χ2n) is 3.73. The summed E-state index contributed by atoms with van der Waals surface area (Å²) in [4.78, 5) is 5.11. The molecule has 1 aromatic carbocycles. The van der Waals surface area contributed by atoms with Gasteiger partial charge in [0.05, 0.1) is 10.9 Å². The number of ether oxygens (including phenoxy) is 1. The lowest BCUT2D eigenvalue weighted by atomic mass is 10.3. The molecule has 0 amide bonds. The van der Waals surface area contributed by atoms with E-state index in [9.17, 15) is 4.39 Å². The van der Waals surface area contributed by atoms with Crippen molar-refractivity contribution in [3.63, 3.8) is 0 Å². The Morgan fingerprint density at radius 1 is 1.42 bits per heavy atom. The molecule has 0 aliphatic rings. The Balaban J connectivity index is 2.02. The lowest BCUT2D eigenvalue weighted by Crippen LogP contribution is -1.92. The van der Waals surface area contributed by atoms with E-state index in [1.54, 1.807) is 0 Å². The van der Waals surface area contributed by atoms with Gasteiger partial charge in [-0.15, -0.1) is 22.9 Å². The first-order valence-corrected chi connectivity index (χ1v) is 7.11. The highest BCUT2D eigenvalue weighted by Crippen LogP contribution is 2.33. The van der Waals surface area contributed by atoms with Gasteiger partial charge in [0.25, 0.3) is 0 Å². The van der Waals surface area contributed by atoms with Crippen LogP contribution in [0.5, 0.6) is 11.6 Å². The van der Waals surface area contributed by atoms with Crippen LogP contribution in [0.1, 0.15) is 5.69 Å². The molecule has 98 valence electrons. The average molecular weight is 317 g/mol. The zero-order valence-corrected chi connectivity index (χ0v) is 11.8. The summed E-state index contributed by atoms with van der Waals surface area (Å²) >= 11 is 13.3. The monoisotopic (exact) mass is 316 g/mol. The predicted octanol–water partition coefficient (Wildman–Crippen LogP) is 4.72. The second kappa shape index (κ2) is 5.00. The van der Waals surface area contributed by atoms with Crippen LogP contribution >= 0.6 is 34.5 Å². The average Bonchev–Trinajstić information content (AvgIpc) is 2.92. The zero-order valence-electron chi connectivity index (χ0n) is 9.44. The van der Waals surface area contributed by atoms with Crippen LogP contribution in [-0.2, 0) is 5.88 Å². The van der Waals surface area contributed by atoms with Crippen molar-refractivity contribution in [1.82, 2.24) is 9.38 Å². The van der Waals surface area contributed by atoms with Gasteiger partial charge in [-0.1, -0.05) is 11.6 Å². The Labute approximate surface area is 122 Å². The molecule has 0 radical (unpaired) electrons. The number of aromatic nitrogens is 2. The minimum atomic E-state index is -0.416. The van der Waals surface area contributed by atoms with Crippen LogP contribution in [0, 0.1) is 5.82 Å². The van der Waals surface area contributed by atoms with Gasteiger partial charge >= 0.3 is 0 Å². The Bertz CT molecular complexity index is 740. The maximum atomic E-state index is 13.0. The van der Waals surface area contributed by atoms with Crippen molar-refractivity contribution in [2.24, 2.45) is 0 Å². The summed E-state index contributed by atoms with van der Waals surface area (Å²) in [5.41, 5.74) is 0.735. The fourth-order valence-corrected chi connectivity index (χ4v) is 2.85. The summed E-state index contributed by atoms with van der Waals surface area (Å²) in [5.74, 6) is 0.572. The molecule has 0 aliphatic heterocycles. The topological polar surface area (TPSA) is 26.5 Å². The van der Waals surface area contributed by atoms with E-state index >= 15 is 0 Å². The number of rotatable bonds is 3. The molecule has 0 spiro atoms. The molecule has 3 aromatic rings. The van der Waals surface area contributed by atoms with Crippen molar-refractivity contribution in [2.45, 2.75) is 5.88 Å². The van der Waals surface area contributed by atoms with Gasteiger partial charge in [0.2, 0.25) is 5.88 Å². The van der Waals surface area contributed by atoms with Gasteiger partial charge in [0.15, 0.2) is 4.96 Å². The summed E-state index contributed by atoms with van der Waals surface area (Å²) in [6.45, 7) is 0. The van der Waals surface area contributed by atoms with E-state index in [1.807, 2.05) is 16.0 Å². The second-order valence-corrected chi connectivity index (χ2v) is 5.28. The first kappa shape index (κ1) is 12.7. The van der Waals surface area contributed by atoms with Crippen molar-refractivity contribution in [3.05, 3.63) is 46.3 Å². The van der Waals surface area contributed by atoms with Gasteiger partial charge in [0, 0.05) is 11.6 Å². The van der Waals surface area contributed by atoms with Crippen LogP contribution < -0.4 is 4.74 Å². The highest BCUT2D eigenvalue weighted by molar-refractivity contribution is 7.15. The predicted molar refractivity (Wildman–Crippen MR) is 74.1 cm³/mol. The molecule has 0 saturated heterocycles. The number of fused-ring (bicyclic) bond motifs is 1. The van der Waals surface area contributed by atoms with Crippen molar-refractivity contribution < 1.29 is 9.13 Å². The third-order valence-corrected chi connectivity index (χ3v) is 3.86. The molecule has 3 rings (SSSR count). The normalized spacial score (nSPS) is 11.1. The lowest BCUT2D eigenvalue weighted by Gasteiger charge is -2.06. The Hall–Kier alpha value is -1.30. The number of nitrogens with zero attached hydrogens (tertiary/aromatic N) is 2. The van der Waals surface area contributed by atoms with Gasteiger partial charge < -0.3 is 4.74 Å². The van der Waals surface area contributed by atoms with Crippen molar-refractivity contribution in [3.8, 4) is 11.6 Å². The van der Waals surface area contributed by atoms with Crippen molar-refractivity contribution in [1.29, 1.82) is 0 Å². The minimum Gasteiger partial charge on any atom is -0.436 e. The van der Waals surface area contributed by atoms with Gasteiger partial charge in [-0.25, -0.2) is 4.39 Å². The molecule has 0 aliphatic carbocycles. The van der Waals surface area contributed by atoms with Crippen LogP contribution in [0.25, 0.3) is 4.96 Å². The summed E-state index contributed by atoms with van der Waals surface area (Å²) in [5, 5.41) is 2.10. The number of alkyl halides is 1. The maximum absolute atomic E-state index is 13.0. The molecule has 19 heavy (non-hydrogen) atoms. The Morgan fingerprint density at radius 3 is 3.00 bits per heavy atom. The van der Waals surface area contributed by atoms with Gasteiger partial charge in [-0.05, 0) is 18.2 Å². The molecule has 0 N–H and O–H groups in total. The fraction of sp³-hybridized carbons (Fsp3) is 0.0833. The van der Waals surface area contributed by atoms with E-state index in [1.165, 1.54) is 29.5 Å². The number of thiazole rings is 1. The van der Waals surface area contributed by atoms with Crippen LogP contribution in [-0.4, -0.2) is 9.38 Å². The number of benzene rings is 1. The molecule has 0 atom stereocenters. The first-order valence-electron chi connectivity index (χ1n) is 5.32. The summed E-state index contributed by atoms with van der Waals surface area (Å²) in [7, 11) is 0. The minimum absolute atomic E-state index is 0.192. The van der Waals surface area contributed by atoms with E-state index in [0.717, 1.165) is 10.7 Å². The molecule has 2 heterocycles. The van der Waals surface area contributed by atoms with E-state index < -0.39 is 5.82 Å². The molecule has 2 aromatic heterocycles. The van der Waals surface area contributed by atoms with E-state index in [-0.39, 0.29) is 10.9 Å². The third-order valence-electron chi connectivity index (χ3n) is 2.55. The van der Waals surface area contributed by atoms with Crippen LogP contribution in [0.3, 0.4) is 0 Å². The SMILES string of the molecule is Fc1ccc(Oc2nc3sccn3c2CCl)c(Cl)c1. The Morgan fingerprint density at radius 2 is 2.26 bits per heavy atom. The maximum Gasteiger partial charge on any atom is 0.243 e.